The summed E-state index contributed by atoms with van der Waals surface area (Å²) in [5.41, 5.74) is 1.10. The zero-order valence-electron chi connectivity index (χ0n) is 10.3. The van der Waals surface area contributed by atoms with Gasteiger partial charge in [0.15, 0.2) is 0 Å². The van der Waals surface area contributed by atoms with E-state index in [0.717, 1.165) is 25.2 Å². The minimum absolute atomic E-state index is 0.343. The van der Waals surface area contributed by atoms with Crippen molar-refractivity contribution < 1.29 is 4.74 Å². The van der Waals surface area contributed by atoms with Gasteiger partial charge in [0, 0.05) is 19.1 Å². The van der Waals surface area contributed by atoms with Crippen molar-refractivity contribution in [3.63, 3.8) is 0 Å². The van der Waals surface area contributed by atoms with Gasteiger partial charge < -0.3 is 10.1 Å². The summed E-state index contributed by atoms with van der Waals surface area (Å²) in [5.74, 6) is 0. The Balaban J connectivity index is 2.06. The number of hydrogen-bond acceptors (Lipinski definition) is 4. The fraction of sp³-hybridized carbons (Fsp3) is 0.462. The van der Waals surface area contributed by atoms with Crippen molar-refractivity contribution in [2.75, 3.05) is 20.3 Å². The number of thiazole rings is 1. The van der Waals surface area contributed by atoms with E-state index >= 15 is 0 Å². The minimum Gasteiger partial charge on any atom is -0.380 e. The number of para-hydroxylation sites is 1. The van der Waals surface area contributed by atoms with Crippen LogP contribution in [-0.2, 0) is 11.2 Å². The molecule has 1 heterocycles. The Morgan fingerprint density at radius 3 is 2.94 bits per heavy atom. The van der Waals surface area contributed by atoms with Gasteiger partial charge in [-0.1, -0.05) is 12.1 Å². The van der Waals surface area contributed by atoms with E-state index in [4.69, 9.17) is 4.74 Å². The first kappa shape index (κ1) is 12.5. The van der Waals surface area contributed by atoms with Gasteiger partial charge in [-0.05, 0) is 26.1 Å². The van der Waals surface area contributed by atoms with Crippen LogP contribution in [0.4, 0.5) is 0 Å². The SMILES string of the molecule is CCOCC(Cc1nc2ccccc2s1)NC. The Morgan fingerprint density at radius 2 is 2.24 bits per heavy atom. The molecule has 0 amide bonds. The summed E-state index contributed by atoms with van der Waals surface area (Å²) in [6, 6.07) is 8.61. The van der Waals surface area contributed by atoms with Gasteiger partial charge in [-0.25, -0.2) is 4.98 Å². The lowest BCUT2D eigenvalue weighted by atomic mass is 10.2. The van der Waals surface area contributed by atoms with E-state index in [0.29, 0.717) is 6.04 Å². The van der Waals surface area contributed by atoms with Crippen LogP contribution in [0.15, 0.2) is 24.3 Å². The van der Waals surface area contributed by atoms with Crippen LogP contribution < -0.4 is 5.32 Å². The quantitative estimate of drug-likeness (QED) is 0.855. The Bertz CT molecular complexity index is 436. The summed E-state index contributed by atoms with van der Waals surface area (Å²) in [6.07, 6.45) is 0.926. The topological polar surface area (TPSA) is 34.1 Å². The Kier molecular flexibility index (Phi) is 4.48. The number of rotatable bonds is 6. The normalized spacial score (nSPS) is 13.1. The zero-order valence-corrected chi connectivity index (χ0v) is 11.1. The smallest absolute Gasteiger partial charge is 0.0955 e. The lowest BCUT2D eigenvalue weighted by Gasteiger charge is -2.13. The predicted octanol–water partition coefficient (Wildman–Crippen LogP) is 2.46. The van der Waals surface area contributed by atoms with Crippen LogP contribution in [0.3, 0.4) is 0 Å². The molecule has 4 heteroatoms. The van der Waals surface area contributed by atoms with Crippen molar-refractivity contribution in [3.05, 3.63) is 29.3 Å². The standard InChI is InChI=1S/C13H18N2OS/c1-3-16-9-10(14-2)8-13-15-11-6-4-5-7-12(11)17-13/h4-7,10,14H,3,8-9H2,1-2H3. The Labute approximate surface area is 106 Å². The highest BCUT2D eigenvalue weighted by Gasteiger charge is 2.10. The molecule has 0 aliphatic heterocycles. The molecule has 3 nitrogen and oxygen atoms in total. The third kappa shape index (κ3) is 3.25. The average Bonchev–Trinajstić information content (AvgIpc) is 2.76. The van der Waals surface area contributed by atoms with Crippen molar-refractivity contribution in [1.82, 2.24) is 10.3 Å². The molecule has 0 aliphatic rings. The molecule has 1 aromatic carbocycles. The molecule has 2 rings (SSSR count). The molecule has 0 bridgehead atoms. The molecule has 92 valence electrons. The highest BCUT2D eigenvalue weighted by molar-refractivity contribution is 7.18. The van der Waals surface area contributed by atoms with Crippen LogP contribution in [-0.4, -0.2) is 31.3 Å². The Morgan fingerprint density at radius 1 is 1.41 bits per heavy atom. The first-order valence-electron chi connectivity index (χ1n) is 5.93. The number of benzene rings is 1. The van der Waals surface area contributed by atoms with Gasteiger partial charge in [0.05, 0.1) is 21.8 Å². The van der Waals surface area contributed by atoms with Gasteiger partial charge in [-0.15, -0.1) is 11.3 Å². The third-order valence-electron chi connectivity index (χ3n) is 2.69. The number of nitrogens with one attached hydrogen (secondary N) is 1. The van der Waals surface area contributed by atoms with Gasteiger partial charge in [0.25, 0.3) is 0 Å². The summed E-state index contributed by atoms with van der Waals surface area (Å²) in [4.78, 5) is 4.63. The average molecular weight is 250 g/mol. The van der Waals surface area contributed by atoms with Gasteiger partial charge in [-0.2, -0.15) is 0 Å². The number of ether oxygens (including phenoxy) is 1. The van der Waals surface area contributed by atoms with Crippen LogP contribution in [0, 0.1) is 0 Å². The number of aromatic nitrogens is 1. The fourth-order valence-electron chi connectivity index (χ4n) is 1.72. The predicted molar refractivity (Wildman–Crippen MR) is 72.7 cm³/mol. The van der Waals surface area contributed by atoms with Crippen LogP contribution in [0.2, 0.25) is 0 Å². The van der Waals surface area contributed by atoms with E-state index in [1.165, 1.54) is 9.71 Å². The minimum atomic E-state index is 0.343. The van der Waals surface area contributed by atoms with E-state index in [9.17, 15) is 0 Å². The van der Waals surface area contributed by atoms with E-state index in [2.05, 4.69) is 28.5 Å². The maximum absolute atomic E-state index is 5.45. The molecule has 0 fully saturated rings. The molecule has 0 radical (unpaired) electrons. The van der Waals surface area contributed by atoms with E-state index in [1.54, 1.807) is 11.3 Å². The summed E-state index contributed by atoms with van der Waals surface area (Å²) < 4.78 is 6.71. The number of hydrogen-bond donors (Lipinski definition) is 1. The van der Waals surface area contributed by atoms with Crippen LogP contribution in [0.25, 0.3) is 10.2 Å². The second-order valence-corrected chi connectivity index (χ2v) is 5.04. The zero-order chi connectivity index (χ0) is 12.1. The van der Waals surface area contributed by atoms with Gasteiger partial charge in [0.2, 0.25) is 0 Å². The molecule has 0 aliphatic carbocycles. The monoisotopic (exact) mass is 250 g/mol. The third-order valence-corrected chi connectivity index (χ3v) is 3.75. The second kappa shape index (κ2) is 6.10. The molecule has 2 aromatic rings. The summed E-state index contributed by atoms with van der Waals surface area (Å²) in [5, 5.41) is 4.44. The molecule has 1 atom stereocenters. The molecule has 0 saturated carbocycles. The fourth-order valence-corrected chi connectivity index (χ4v) is 2.77. The first-order valence-corrected chi connectivity index (χ1v) is 6.74. The second-order valence-electron chi connectivity index (χ2n) is 3.92. The van der Waals surface area contributed by atoms with Crippen LogP contribution in [0.5, 0.6) is 0 Å². The largest absolute Gasteiger partial charge is 0.380 e. The van der Waals surface area contributed by atoms with Gasteiger partial charge >= 0.3 is 0 Å². The molecule has 1 N–H and O–H groups in total. The highest BCUT2D eigenvalue weighted by Crippen LogP contribution is 2.22. The van der Waals surface area contributed by atoms with Crippen LogP contribution in [0.1, 0.15) is 11.9 Å². The van der Waals surface area contributed by atoms with Gasteiger partial charge in [0.1, 0.15) is 0 Å². The number of nitrogens with zero attached hydrogens (tertiary/aromatic N) is 1. The van der Waals surface area contributed by atoms with Gasteiger partial charge in [-0.3, -0.25) is 0 Å². The molecule has 1 unspecified atom stereocenters. The molecular formula is C13H18N2OS. The molecule has 17 heavy (non-hydrogen) atoms. The number of likely N-dealkylation sites (N-methyl/N-ethyl adjacent to an activating group) is 1. The van der Waals surface area contributed by atoms with Crippen molar-refractivity contribution in [1.29, 1.82) is 0 Å². The van der Waals surface area contributed by atoms with E-state index in [1.807, 2.05) is 20.0 Å². The maximum Gasteiger partial charge on any atom is 0.0955 e. The maximum atomic E-state index is 5.45. The van der Waals surface area contributed by atoms with Crippen molar-refractivity contribution in [3.8, 4) is 0 Å². The number of fused-ring (bicyclic) bond motifs is 1. The Hall–Kier alpha value is -0.970. The van der Waals surface area contributed by atoms with E-state index in [-0.39, 0.29) is 0 Å². The molecule has 0 spiro atoms. The van der Waals surface area contributed by atoms with Crippen molar-refractivity contribution in [2.45, 2.75) is 19.4 Å². The van der Waals surface area contributed by atoms with Crippen molar-refractivity contribution >= 4 is 21.6 Å². The van der Waals surface area contributed by atoms with Crippen molar-refractivity contribution in [2.24, 2.45) is 0 Å². The first-order chi connectivity index (χ1) is 8.33. The molecule has 1 aromatic heterocycles. The van der Waals surface area contributed by atoms with Crippen LogP contribution >= 0.6 is 11.3 Å². The highest BCUT2D eigenvalue weighted by atomic mass is 32.1. The lowest BCUT2D eigenvalue weighted by molar-refractivity contribution is 0.125. The molecular weight excluding hydrogens is 232 g/mol. The molecule has 0 saturated heterocycles. The summed E-state index contributed by atoms with van der Waals surface area (Å²) in [7, 11) is 1.97. The summed E-state index contributed by atoms with van der Waals surface area (Å²) in [6.45, 7) is 3.52. The lowest BCUT2D eigenvalue weighted by Crippen LogP contribution is -2.32. The van der Waals surface area contributed by atoms with E-state index < -0.39 is 0 Å². The summed E-state index contributed by atoms with van der Waals surface area (Å²) >= 11 is 1.77.